The normalized spacial score (nSPS) is 16.8. The van der Waals surface area contributed by atoms with Crippen LogP contribution >= 0.6 is 11.6 Å². The third kappa shape index (κ3) is 3.03. The third-order valence-corrected chi connectivity index (χ3v) is 4.10. The van der Waals surface area contributed by atoms with Crippen molar-refractivity contribution >= 4 is 28.9 Å². The Bertz CT molecular complexity index is 684. The summed E-state index contributed by atoms with van der Waals surface area (Å²) in [5.74, 6) is -0.0824. The Labute approximate surface area is 129 Å². The molecule has 2 N–H and O–H groups in total. The van der Waals surface area contributed by atoms with E-state index >= 15 is 0 Å². The highest BCUT2D eigenvalue weighted by Crippen LogP contribution is 2.27. The van der Waals surface area contributed by atoms with Gasteiger partial charge >= 0.3 is 0 Å². The summed E-state index contributed by atoms with van der Waals surface area (Å²) in [5.41, 5.74) is 4.05. The van der Waals surface area contributed by atoms with E-state index in [0.29, 0.717) is 17.3 Å². The number of carbonyl (C=O) groups is 1. The molecule has 0 aromatic heterocycles. The number of hydrogen-bond donors (Lipinski definition) is 2. The summed E-state index contributed by atoms with van der Waals surface area (Å²) >= 11 is 6.13. The number of rotatable bonds is 2. The summed E-state index contributed by atoms with van der Waals surface area (Å²) in [7, 11) is 0. The number of hydrogen-bond acceptors (Lipinski definition) is 2. The van der Waals surface area contributed by atoms with E-state index in [9.17, 15) is 4.79 Å². The molecule has 0 bridgehead atoms. The van der Waals surface area contributed by atoms with Crippen LogP contribution in [0.1, 0.15) is 11.1 Å². The summed E-state index contributed by atoms with van der Waals surface area (Å²) in [6, 6.07) is 13.7. The molecule has 108 valence electrons. The maximum Gasteiger partial charge on any atom is 0.229 e. The molecule has 1 unspecified atom stereocenters. The monoisotopic (exact) mass is 300 g/mol. The number of anilines is 2. The van der Waals surface area contributed by atoms with Gasteiger partial charge in [-0.1, -0.05) is 35.9 Å². The molecular weight excluding hydrogens is 284 g/mol. The lowest BCUT2D eigenvalue weighted by atomic mass is 9.93. The zero-order valence-electron chi connectivity index (χ0n) is 11.8. The average Bonchev–Trinajstić information content (AvgIpc) is 2.50. The molecule has 1 aliphatic rings. The number of aryl methyl sites for hydroxylation is 1. The molecule has 1 aliphatic heterocycles. The van der Waals surface area contributed by atoms with Gasteiger partial charge in [0.15, 0.2) is 0 Å². The van der Waals surface area contributed by atoms with Crippen molar-refractivity contribution in [2.45, 2.75) is 13.3 Å². The topological polar surface area (TPSA) is 41.1 Å². The van der Waals surface area contributed by atoms with Gasteiger partial charge in [0.05, 0.1) is 16.6 Å². The number of carbonyl (C=O) groups excluding carboxylic acids is 1. The van der Waals surface area contributed by atoms with E-state index in [4.69, 9.17) is 11.6 Å². The average molecular weight is 301 g/mol. The van der Waals surface area contributed by atoms with Gasteiger partial charge in [0, 0.05) is 12.2 Å². The second-order valence-corrected chi connectivity index (χ2v) is 5.82. The van der Waals surface area contributed by atoms with Crippen molar-refractivity contribution in [1.82, 2.24) is 0 Å². The highest BCUT2D eigenvalue weighted by atomic mass is 35.5. The van der Waals surface area contributed by atoms with Crippen molar-refractivity contribution in [3.8, 4) is 0 Å². The number of halogens is 1. The number of benzene rings is 2. The van der Waals surface area contributed by atoms with Crippen LogP contribution in [-0.4, -0.2) is 12.5 Å². The minimum atomic E-state index is -0.0866. The Balaban J connectivity index is 1.74. The van der Waals surface area contributed by atoms with Crippen molar-refractivity contribution in [2.75, 3.05) is 17.2 Å². The Morgan fingerprint density at radius 2 is 2.10 bits per heavy atom. The number of fused-ring (bicyclic) bond motifs is 1. The molecule has 21 heavy (non-hydrogen) atoms. The fourth-order valence-electron chi connectivity index (χ4n) is 2.60. The van der Waals surface area contributed by atoms with Gasteiger partial charge in [0.25, 0.3) is 0 Å². The summed E-state index contributed by atoms with van der Waals surface area (Å²) < 4.78 is 0. The summed E-state index contributed by atoms with van der Waals surface area (Å²) in [5, 5.41) is 6.82. The van der Waals surface area contributed by atoms with Crippen LogP contribution in [0.15, 0.2) is 42.5 Å². The molecule has 0 saturated heterocycles. The molecule has 2 aromatic rings. The predicted octanol–water partition coefficient (Wildman–Crippen LogP) is 3.87. The van der Waals surface area contributed by atoms with Crippen molar-refractivity contribution in [3.05, 3.63) is 58.6 Å². The molecule has 1 amide bonds. The van der Waals surface area contributed by atoms with Crippen molar-refractivity contribution < 1.29 is 4.79 Å². The van der Waals surface area contributed by atoms with E-state index in [0.717, 1.165) is 17.7 Å². The molecule has 0 aliphatic carbocycles. The predicted molar refractivity (Wildman–Crippen MR) is 86.9 cm³/mol. The van der Waals surface area contributed by atoms with E-state index in [1.54, 1.807) is 6.07 Å². The van der Waals surface area contributed by atoms with Crippen molar-refractivity contribution in [2.24, 2.45) is 5.92 Å². The van der Waals surface area contributed by atoms with Crippen LogP contribution in [0.2, 0.25) is 5.02 Å². The zero-order chi connectivity index (χ0) is 14.8. The zero-order valence-corrected chi connectivity index (χ0v) is 12.6. The Morgan fingerprint density at radius 3 is 2.95 bits per heavy atom. The fraction of sp³-hybridized carbons (Fsp3) is 0.235. The van der Waals surface area contributed by atoms with E-state index in [-0.39, 0.29) is 11.8 Å². The Hall–Kier alpha value is -2.00. The molecule has 0 spiro atoms. The highest BCUT2D eigenvalue weighted by molar-refractivity contribution is 6.33. The van der Waals surface area contributed by atoms with Gasteiger partial charge in [0.2, 0.25) is 5.91 Å². The first-order valence-corrected chi connectivity index (χ1v) is 7.40. The van der Waals surface area contributed by atoms with Gasteiger partial charge in [-0.15, -0.1) is 0 Å². The molecule has 1 heterocycles. The molecule has 2 aromatic carbocycles. The lowest BCUT2D eigenvalue weighted by Gasteiger charge is -2.25. The van der Waals surface area contributed by atoms with Gasteiger partial charge in [-0.25, -0.2) is 0 Å². The third-order valence-electron chi connectivity index (χ3n) is 3.77. The second-order valence-electron chi connectivity index (χ2n) is 5.41. The van der Waals surface area contributed by atoms with Crippen molar-refractivity contribution in [1.29, 1.82) is 0 Å². The molecular formula is C17H17ClN2O. The van der Waals surface area contributed by atoms with Crippen LogP contribution in [0.3, 0.4) is 0 Å². The SMILES string of the molecule is Cc1ccc(Cl)c(NC(=O)C2CNc3ccccc3C2)c1. The smallest absolute Gasteiger partial charge is 0.229 e. The van der Waals surface area contributed by atoms with E-state index in [1.165, 1.54) is 5.56 Å². The minimum absolute atomic E-state index is 0.00417. The van der Waals surface area contributed by atoms with Crippen LogP contribution in [0, 0.1) is 12.8 Å². The van der Waals surface area contributed by atoms with Crippen LogP contribution < -0.4 is 10.6 Å². The largest absolute Gasteiger partial charge is 0.384 e. The number of nitrogens with one attached hydrogen (secondary N) is 2. The van der Waals surface area contributed by atoms with Crippen LogP contribution in [0.5, 0.6) is 0 Å². The van der Waals surface area contributed by atoms with Crippen LogP contribution in [-0.2, 0) is 11.2 Å². The maximum absolute atomic E-state index is 12.4. The minimum Gasteiger partial charge on any atom is -0.384 e. The van der Waals surface area contributed by atoms with Crippen LogP contribution in [0.25, 0.3) is 0 Å². The summed E-state index contributed by atoms with van der Waals surface area (Å²) in [6.07, 6.45) is 0.748. The maximum atomic E-state index is 12.4. The highest BCUT2D eigenvalue weighted by Gasteiger charge is 2.24. The first-order valence-electron chi connectivity index (χ1n) is 7.02. The lowest BCUT2D eigenvalue weighted by Crippen LogP contribution is -2.33. The number of amides is 1. The Kier molecular flexibility index (Phi) is 3.84. The quantitative estimate of drug-likeness (QED) is 0.884. The van der Waals surface area contributed by atoms with E-state index in [2.05, 4.69) is 16.7 Å². The molecule has 4 heteroatoms. The van der Waals surface area contributed by atoms with Gasteiger partial charge < -0.3 is 10.6 Å². The standard InChI is InChI=1S/C17H17ClN2O/c1-11-6-7-14(18)16(8-11)20-17(21)13-9-12-4-2-3-5-15(12)19-10-13/h2-8,13,19H,9-10H2,1H3,(H,20,21). The second kappa shape index (κ2) is 5.78. The molecule has 3 rings (SSSR count). The van der Waals surface area contributed by atoms with E-state index < -0.39 is 0 Å². The molecule has 0 fully saturated rings. The molecule has 1 atom stereocenters. The lowest BCUT2D eigenvalue weighted by molar-refractivity contribution is -0.119. The first-order chi connectivity index (χ1) is 10.1. The summed E-state index contributed by atoms with van der Waals surface area (Å²) in [4.78, 5) is 12.4. The molecule has 0 saturated carbocycles. The van der Waals surface area contributed by atoms with Crippen LogP contribution in [0.4, 0.5) is 11.4 Å². The molecule has 0 radical (unpaired) electrons. The fourth-order valence-corrected chi connectivity index (χ4v) is 2.76. The van der Waals surface area contributed by atoms with Gasteiger partial charge in [-0.2, -0.15) is 0 Å². The first kappa shape index (κ1) is 14.0. The Morgan fingerprint density at radius 1 is 1.29 bits per heavy atom. The van der Waals surface area contributed by atoms with E-state index in [1.807, 2.05) is 37.3 Å². The van der Waals surface area contributed by atoms with Gasteiger partial charge in [-0.3, -0.25) is 4.79 Å². The number of para-hydroxylation sites is 1. The van der Waals surface area contributed by atoms with Gasteiger partial charge in [0.1, 0.15) is 0 Å². The van der Waals surface area contributed by atoms with Crippen molar-refractivity contribution in [3.63, 3.8) is 0 Å². The van der Waals surface area contributed by atoms with Gasteiger partial charge in [-0.05, 0) is 42.7 Å². The summed E-state index contributed by atoms with van der Waals surface area (Å²) in [6.45, 7) is 2.62. The molecule has 3 nitrogen and oxygen atoms in total.